The monoisotopic (exact) mass is 379 g/mol. The van der Waals surface area contributed by atoms with Gasteiger partial charge in [0, 0.05) is 18.1 Å². The van der Waals surface area contributed by atoms with Gasteiger partial charge >= 0.3 is 0 Å². The molecule has 1 amide bonds. The van der Waals surface area contributed by atoms with Gasteiger partial charge in [0.25, 0.3) is 0 Å². The third-order valence-corrected chi connectivity index (χ3v) is 5.58. The average molecular weight is 380 g/mol. The zero-order valence-corrected chi connectivity index (χ0v) is 17.0. The normalized spacial score (nSPS) is 12.0. The molecule has 0 bridgehead atoms. The van der Waals surface area contributed by atoms with Gasteiger partial charge < -0.3 is 5.32 Å². The van der Waals surface area contributed by atoms with Gasteiger partial charge in [0.15, 0.2) is 5.16 Å². The molecule has 1 atom stereocenters. The van der Waals surface area contributed by atoms with Crippen molar-refractivity contribution in [3.05, 3.63) is 71.5 Å². The summed E-state index contributed by atoms with van der Waals surface area (Å²) in [5, 5.41) is 3.54. The predicted molar refractivity (Wildman–Crippen MR) is 113 cm³/mol. The van der Waals surface area contributed by atoms with Crippen LogP contribution in [0.2, 0.25) is 0 Å². The number of benzene rings is 2. The van der Waals surface area contributed by atoms with Crippen LogP contribution in [0.5, 0.6) is 0 Å². The maximum Gasteiger partial charge on any atom is 0.237 e. The van der Waals surface area contributed by atoms with Crippen molar-refractivity contribution in [2.24, 2.45) is 0 Å². The molecule has 0 aliphatic rings. The van der Waals surface area contributed by atoms with Crippen molar-refractivity contribution in [1.29, 1.82) is 0 Å². The lowest BCUT2D eigenvalue weighted by atomic mass is 10.1. The molecule has 0 spiro atoms. The van der Waals surface area contributed by atoms with Crippen LogP contribution in [0.15, 0.2) is 60.0 Å². The number of aromatic nitrogens is 2. The number of amides is 1. The van der Waals surface area contributed by atoms with E-state index in [1.54, 1.807) is 6.20 Å². The fourth-order valence-electron chi connectivity index (χ4n) is 2.92. The Bertz CT molecular complexity index is 931. The molecule has 3 rings (SSSR count). The molecule has 0 aliphatic heterocycles. The molecule has 3 aromatic rings. The molecule has 1 heterocycles. The van der Waals surface area contributed by atoms with Crippen LogP contribution in [0, 0.1) is 13.8 Å². The van der Waals surface area contributed by atoms with E-state index in [9.17, 15) is 4.79 Å². The highest BCUT2D eigenvalue weighted by molar-refractivity contribution is 8.00. The minimum Gasteiger partial charge on any atom is -0.325 e. The quantitative estimate of drug-likeness (QED) is 0.601. The fraction of sp³-hybridized carbons (Fsp3) is 0.273. The van der Waals surface area contributed by atoms with Gasteiger partial charge in [-0.25, -0.2) is 4.98 Å². The molecular formula is C22H25N3OS. The molecule has 140 valence electrons. The maximum absolute atomic E-state index is 12.6. The van der Waals surface area contributed by atoms with Crippen molar-refractivity contribution >= 4 is 23.4 Å². The van der Waals surface area contributed by atoms with Crippen LogP contribution in [-0.4, -0.2) is 20.7 Å². The van der Waals surface area contributed by atoms with Crippen LogP contribution in [0.3, 0.4) is 0 Å². The molecule has 0 fully saturated rings. The summed E-state index contributed by atoms with van der Waals surface area (Å²) in [6, 6.07) is 14.3. The molecule has 1 aromatic heterocycles. The van der Waals surface area contributed by atoms with Gasteiger partial charge in [-0.1, -0.05) is 48.5 Å². The Morgan fingerprint density at radius 1 is 1.19 bits per heavy atom. The van der Waals surface area contributed by atoms with Crippen molar-refractivity contribution in [2.45, 2.75) is 44.5 Å². The highest BCUT2D eigenvalue weighted by atomic mass is 32.2. The Morgan fingerprint density at radius 3 is 2.59 bits per heavy atom. The predicted octanol–water partition coefficient (Wildman–Crippen LogP) is 5.17. The summed E-state index contributed by atoms with van der Waals surface area (Å²) >= 11 is 1.46. The zero-order chi connectivity index (χ0) is 19.4. The van der Waals surface area contributed by atoms with Crippen LogP contribution in [0.25, 0.3) is 5.69 Å². The number of nitrogens with one attached hydrogen (secondary N) is 1. The number of hydrogen-bond donors (Lipinski definition) is 1. The highest BCUT2D eigenvalue weighted by Gasteiger charge is 2.18. The molecule has 1 N–H and O–H groups in total. The molecule has 0 saturated heterocycles. The van der Waals surface area contributed by atoms with E-state index < -0.39 is 0 Å². The molecule has 5 heteroatoms. The second-order valence-electron chi connectivity index (χ2n) is 6.67. The maximum atomic E-state index is 12.6. The van der Waals surface area contributed by atoms with Crippen molar-refractivity contribution in [2.75, 3.05) is 5.32 Å². The van der Waals surface area contributed by atoms with Gasteiger partial charge in [-0.05, 0) is 56.5 Å². The molecular weight excluding hydrogens is 354 g/mol. The second-order valence-corrected chi connectivity index (χ2v) is 7.98. The number of thioether (sulfide) groups is 1. The SMILES string of the molecule is CCc1ccc(NC(=O)[C@H](C)Sc2nccn2-c2ccc(C)cc2C)cc1. The number of anilines is 1. The molecule has 2 aromatic carbocycles. The van der Waals surface area contributed by atoms with Gasteiger partial charge in [0.2, 0.25) is 5.91 Å². The van der Waals surface area contributed by atoms with E-state index in [1.165, 1.54) is 28.5 Å². The first-order valence-corrected chi connectivity index (χ1v) is 10.0. The summed E-state index contributed by atoms with van der Waals surface area (Å²) < 4.78 is 2.04. The van der Waals surface area contributed by atoms with E-state index in [0.29, 0.717) is 0 Å². The van der Waals surface area contributed by atoms with Crippen molar-refractivity contribution in [3.8, 4) is 5.69 Å². The average Bonchev–Trinajstić information content (AvgIpc) is 3.10. The van der Waals surface area contributed by atoms with E-state index in [1.807, 2.05) is 42.0 Å². The molecule has 0 saturated carbocycles. The summed E-state index contributed by atoms with van der Waals surface area (Å²) in [4.78, 5) is 17.0. The van der Waals surface area contributed by atoms with E-state index in [4.69, 9.17) is 0 Å². The zero-order valence-electron chi connectivity index (χ0n) is 16.2. The number of aryl methyl sites for hydroxylation is 3. The Morgan fingerprint density at radius 2 is 1.93 bits per heavy atom. The third-order valence-electron chi connectivity index (χ3n) is 4.50. The van der Waals surface area contributed by atoms with Crippen LogP contribution >= 0.6 is 11.8 Å². The molecule has 0 radical (unpaired) electrons. The number of carbonyl (C=O) groups is 1. The number of carbonyl (C=O) groups excluding carboxylic acids is 1. The van der Waals surface area contributed by atoms with Crippen molar-refractivity contribution < 1.29 is 4.79 Å². The number of rotatable bonds is 6. The van der Waals surface area contributed by atoms with Crippen LogP contribution in [0.1, 0.15) is 30.5 Å². The topological polar surface area (TPSA) is 46.9 Å². The van der Waals surface area contributed by atoms with Gasteiger partial charge in [-0.15, -0.1) is 0 Å². The Kier molecular flexibility index (Phi) is 6.01. The molecule has 0 aliphatic carbocycles. The number of imidazole rings is 1. The largest absolute Gasteiger partial charge is 0.325 e. The summed E-state index contributed by atoms with van der Waals surface area (Å²) in [5.74, 6) is -0.0283. The summed E-state index contributed by atoms with van der Waals surface area (Å²) in [6.07, 6.45) is 4.70. The minimum absolute atomic E-state index is 0.0283. The smallest absolute Gasteiger partial charge is 0.237 e. The van der Waals surface area contributed by atoms with Crippen LogP contribution in [0.4, 0.5) is 5.69 Å². The Labute approximate surface area is 165 Å². The van der Waals surface area contributed by atoms with Gasteiger partial charge in [0.1, 0.15) is 0 Å². The lowest BCUT2D eigenvalue weighted by molar-refractivity contribution is -0.115. The minimum atomic E-state index is -0.261. The Balaban J connectivity index is 1.71. The van der Waals surface area contributed by atoms with E-state index in [0.717, 1.165) is 23.0 Å². The highest BCUT2D eigenvalue weighted by Crippen LogP contribution is 2.27. The lowest BCUT2D eigenvalue weighted by Crippen LogP contribution is -2.22. The Hall–Kier alpha value is -2.53. The van der Waals surface area contributed by atoms with Crippen molar-refractivity contribution in [3.63, 3.8) is 0 Å². The summed E-state index contributed by atoms with van der Waals surface area (Å²) in [6.45, 7) is 8.19. The summed E-state index contributed by atoms with van der Waals surface area (Å²) in [5.41, 5.74) is 5.58. The van der Waals surface area contributed by atoms with Gasteiger partial charge in [-0.3, -0.25) is 9.36 Å². The van der Waals surface area contributed by atoms with Gasteiger partial charge in [0.05, 0.1) is 10.9 Å². The first kappa shape index (κ1) is 19.2. The van der Waals surface area contributed by atoms with Gasteiger partial charge in [-0.2, -0.15) is 0 Å². The number of hydrogen-bond acceptors (Lipinski definition) is 3. The number of nitrogens with zero attached hydrogens (tertiary/aromatic N) is 2. The summed E-state index contributed by atoms with van der Waals surface area (Å²) in [7, 11) is 0. The first-order valence-electron chi connectivity index (χ1n) is 9.15. The lowest BCUT2D eigenvalue weighted by Gasteiger charge is -2.15. The third kappa shape index (κ3) is 4.61. The van der Waals surface area contributed by atoms with Crippen molar-refractivity contribution in [1.82, 2.24) is 9.55 Å². The fourth-order valence-corrected chi connectivity index (χ4v) is 3.79. The van der Waals surface area contributed by atoms with E-state index in [-0.39, 0.29) is 11.2 Å². The van der Waals surface area contributed by atoms with E-state index >= 15 is 0 Å². The van der Waals surface area contributed by atoms with Crippen LogP contribution < -0.4 is 5.32 Å². The van der Waals surface area contributed by atoms with E-state index in [2.05, 4.69) is 49.3 Å². The first-order chi connectivity index (χ1) is 13.0. The molecule has 27 heavy (non-hydrogen) atoms. The second kappa shape index (κ2) is 8.44. The molecule has 0 unspecified atom stereocenters. The van der Waals surface area contributed by atoms with Crippen LogP contribution in [-0.2, 0) is 11.2 Å². The standard InChI is InChI=1S/C22H25N3OS/c1-5-18-7-9-19(10-8-18)24-21(26)17(4)27-22-23-12-13-25(22)20-11-6-15(2)14-16(20)3/h6-14,17H,5H2,1-4H3,(H,24,26)/t17-/m0/s1. The molecule has 4 nitrogen and oxygen atoms in total.